The van der Waals surface area contributed by atoms with Gasteiger partial charge in [-0.3, -0.25) is 0 Å². The molecule has 0 saturated carbocycles. The number of hydrogen-bond donors (Lipinski definition) is 2. The van der Waals surface area contributed by atoms with Gasteiger partial charge >= 0.3 is 0 Å². The maximum Gasteiger partial charge on any atom is 0.116 e. The smallest absolute Gasteiger partial charge is 0.116 e. The molecule has 0 bridgehead atoms. The van der Waals surface area contributed by atoms with Gasteiger partial charge in [0.25, 0.3) is 0 Å². The minimum atomic E-state index is 0.243. The van der Waals surface area contributed by atoms with Gasteiger partial charge in [-0.05, 0) is 58.7 Å². The van der Waals surface area contributed by atoms with Crippen molar-refractivity contribution < 1.29 is 10.2 Å². The average molecular weight is 351 g/mol. The largest absolute Gasteiger partial charge is 0.508 e. The molecule has 0 aliphatic heterocycles. The van der Waals surface area contributed by atoms with Crippen LogP contribution in [0.1, 0.15) is 11.1 Å². The van der Waals surface area contributed by atoms with Crippen LogP contribution in [0.15, 0.2) is 78.9 Å². The summed E-state index contributed by atoms with van der Waals surface area (Å²) in [5.41, 5.74) is 8.17. The summed E-state index contributed by atoms with van der Waals surface area (Å²) in [4.78, 5) is 4.96. The Bertz CT molecular complexity index is 1170. The van der Waals surface area contributed by atoms with E-state index in [4.69, 9.17) is 4.98 Å². The van der Waals surface area contributed by atoms with Crippen LogP contribution in [0.5, 0.6) is 11.5 Å². The molecule has 0 spiro atoms. The first-order valence-electron chi connectivity index (χ1n) is 8.90. The van der Waals surface area contributed by atoms with Gasteiger partial charge in [0.1, 0.15) is 11.5 Å². The molecule has 0 fully saturated rings. The minimum absolute atomic E-state index is 0.243. The molecule has 0 unspecified atom stereocenters. The van der Waals surface area contributed by atoms with Crippen molar-refractivity contribution in [3.8, 4) is 45.1 Å². The molecule has 3 heteroatoms. The summed E-state index contributed by atoms with van der Waals surface area (Å²) in [6, 6.07) is 25.0. The summed E-state index contributed by atoms with van der Waals surface area (Å²) in [6.45, 7) is 0. The van der Waals surface area contributed by atoms with Crippen LogP contribution < -0.4 is 0 Å². The lowest BCUT2D eigenvalue weighted by molar-refractivity contribution is 0.474. The number of rotatable bonds is 2. The Kier molecular flexibility index (Phi) is 3.47. The number of benzene rings is 3. The van der Waals surface area contributed by atoms with E-state index in [1.807, 2.05) is 54.6 Å². The maximum atomic E-state index is 9.97. The summed E-state index contributed by atoms with van der Waals surface area (Å²) < 4.78 is 0. The fourth-order valence-electron chi connectivity index (χ4n) is 3.81. The third-order valence-corrected chi connectivity index (χ3v) is 5.06. The maximum absolute atomic E-state index is 9.97. The Labute approximate surface area is 157 Å². The normalized spacial score (nSPS) is 11.9. The van der Waals surface area contributed by atoms with Gasteiger partial charge < -0.3 is 10.2 Å². The first kappa shape index (κ1) is 15.6. The Morgan fingerprint density at radius 1 is 0.667 bits per heavy atom. The topological polar surface area (TPSA) is 53.4 Å². The Balaban J connectivity index is 1.79. The van der Waals surface area contributed by atoms with E-state index < -0.39 is 0 Å². The number of nitrogens with zero attached hydrogens (tertiary/aromatic N) is 1. The van der Waals surface area contributed by atoms with Crippen molar-refractivity contribution in [1.29, 1.82) is 0 Å². The fraction of sp³-hybridized carbons (Fsp3) is 0.0417. The average Bonchev–Trinajstić information content (AvgIpc) is 3.05. The number of pyridine rings is 1. The molecule has 0 amide bonds. The van der Waals surface area contributed by atoms with Crippen LogP contribution in [-0.4, -0.2) is 15.2 Å². The van der Waals surface area contributed by atoms with Crippen LogP contribution >= 0.6 is 0 Å². The fourth-order valence-corrected chi connectivity index (χ4v) is 3.81. The Morgan fingerprint density at radius 3 is 2.26 bits per heavy atom. The minimum Gasteiger partial charge on any atom is -0.508 e. The molecule has 0 saturated heterocycles. The number of fused-ring (bicyclic) bond motifs is 3. The van der Waals surface area contributed by atoms with Gasteiger partial charge in [-0.1, -0.05) is 42.5 Å². The molecule has 2 N–H and O–H groups in total. The standard InChI is InChI=1S/C24H17NO2/c26-18-8-4-7-16(11-18)21-14-23(15-5-2-1-3-6-15)25-24-20-10-9-19(27)12-17(20)13-22(21)24/h1-12,14,26-27H,13H2. The molecule has 1 heterocycles. The predicted octanol–water partition coefficient (Wildman–Crippen LogP) is 5.40. The Morgan fingerprint density at radius 2 is 1.44 bits per heavy atom. The van der Waals surface area contributed by atoms with Gasteiger partial charge in [0.05, 0.1) is 11.4 Å². The molecular weight excluding hydrogens is 334 g/mol. The number of hydrogen-bond acceptors (Lipinski definition) is 3. The molecule has 1 aliphatic carbocycles. The highest BCUT2D eigenvalue weighted by atomic mass is 16.3. The van der Waals surface area contributed by atoms with Crippen LogP contribution in [-0.2, 0) is 6.42 Å². The molecule has 27 heavy (non-hydrogen) atoms. The lowest BCUT2D eigenvalue weighted by atomic mass is 9.96. The highest BCUT2D eigenvalue weighted by Gasteiger charge is 2.25. The van der Waals surface area contributed by atoms with Crippen molar-refractivity contribution in [3.63, 3.8) is 0 Å². The van der Waals surface area contributed by atoms with E-state index in [0.717, 1.165) is 44.8 Å². The lowest BCUT2D eigenvalue weighted by Gasteiger charge is -2.12. The molecule has 3 aromatic carbocycles. The Hall–Kier alpha value is -3.59. The van der Waals surface area contributed by atoms with Crippen molar-refractivity contribution >= 4 is 0 Å². The van der Waals surface area contributed by atoms with Crippen LogP contribution in [0.3, 0.4) is 0 Å². The van der Waals surface area contributed by atoms with E-state index in [2.05, 4.69) is 6.07 Å². The van der Waals surface area contributed by atoms with Crippen LogP contribution in [0, 0.1) is 0 Å². The summed E-state index contributed by atoms with van der Waals surface area (Å²) in [6.07, 6.45) is 0.714. The molecule has 130 valence electrons. The lowest BCUT2D eigenvalue weighted by Crippen LogP contribution is -1.94. The first-order valence-corrected chi connectivity index (χ1v) is 8.90. The molecule has 5 rings (SSSR count). The monoisotopic (exact) mass is 351 g/mol. The zero-order valence-electron chi connectivity index (χ0n) is 14.6. The third kappa shape index (κ3) is 2.64. The summed E-state index contributed by atoms with van der Waals surface area (Å²) >= 11 is 0. The molecule has 1 aliphatic rings. The van der Waals surface area contributed by atoms with E-state index >= 15 is 0 Å². The molecule has 0 atom stereocenters. The van der Waals surface area contributed by atoms with Crippen LogP contribution in [0.25, 0.3) is 33.6 Å². The van der Waals surface area contributed by atoms with Crippen molar-refractivity contribution in [2.45, 2.75) is 6.42 Å². The van der Waals surface area contributed by atoms with Crippen molar-refractivity contribution in [2.75, 3.05) is 0 Å². The summed E-state index contributed by atoms with van der Waals surface area (Å²) in [5, 5.41) is 19.8. The summed E-state index contributed by atoms with van der Waals surface area (Å²) in [7, 11) is 0. The second-order valence-corrected chi connectivity index (χ2v) is 6.82. The zero-order chi connectivity index (χ0) is 18.4. The highest BCUT2D eigenvalue weighted by Crippen LogP contribution is 2.43. The molecule has 3 nitrogen and oxygen atoms in total. The van der Waals surface area contributed by atoms with Gasteiger partial charge in [-0.25, -0.2) is 4.98 Å². The second-order valence-electron chi connectivity index (χ2n) is 6.82. The van der Waals surface area contributed by atoms with E-state index in [0.29, 0.717) is 6.42 Å². The van der Waals surface area contributed by atoms with Gasteiger partial charge in [0.15, 0.2) is 0 Å². The molecular formula is C24H17NO2. The van der Waals surface area contributed by atoms with Gasteiger partial charge in [-0.2, -0.15) is 0 Å². The van der Waals surface area contributed by atoms with E-state index in [9.17, 15) is 10.2 Å². The third-order valence-electron chi connectivity index (χ3n) is 5.06. The van der Waals surface area contributed by atoms with Crippen molar-refractivity contribution in [1.82, 2.24) is 4.98 Å². The summed E-state index contributed by atoms with van der Waals surface area (Å²) in [5.74, 6) is 0.510. The van der Waals surface area contributed by atoms with Crippen molar-refractivity contribution in [2.24, 2.45) is 0 Å². The highest BCUT2D eigenvalue weighted by molar-refractivity contribution is 5.86. The molecule has 4 aromatic rings. The predicted molar refractivity (Wildman–Crippen MR) is 107 cm³/mol. The van der Waals surface area contributed by atoms with Crippen molar-refractivity contribution in [3.05, 3.63) is 90.0 Å². The van der Waals surface area contributed by atoms with E-state index in [1.165, 1.54) is 0 Å². The van der Waals surface area contributed by atoms with Crippen LogP contribution in [0.4, 0.5) is 0 Å². The number of aromatic nitrogens is 1. The van der Waals surface area contributed by atoms with E-state index in [-0.39, 0.29) is 11.5 Å². The number of phenolic OH excluding ortho intramolecular Hbond substituents is 2. The van der Waals surface area contributed by atoms with Crippen LogP contribution in [0.2, 0.25) is 0 Å². The quantitative estimate of drug-likeness (QED) is 0.448. The number of aromatic hydroxyl groups is 2. The van der Waals surface area contributed by atoms with Gasteiger partial charge in [-0.15, -0.1) is 0 Å². The molecule has 0 radical (unpaired) electrons. The first-order chi connectivity index (χ1) is 13.2. The molecule has 1 aromatic heterocycles. The second kappa shape index (κ2) is 5.99. The SMILES string of the molecule is Oc1cccc(-c2cc(-c3ccccc3)nc3c2Cc2cc(O)ccc2-3)c1. The van der Waals surface area contributed by atoms with Gasteiger partial charge in [0, 0.05) is 17.5 Å². The number of phenols is 2. The van der Waals surface area contributed by atoms with E-state index in [1.54, 1.807) is 18.2 Å². The van der Waals surface area contributed by atoms with Gasteiger partial charge in [0.2, 0.25) is 0 Å². The zero-order valence-corrected chi connectivity index (χ0v) is 14.6.